The molecule has 10 heteroatoms. The second-order valence-corrected chi connectivity index (χ2v) is 5.65. The SMILES string of the molecule is O=C(O)C1=NN(c2ccc(S(=O)(=O)O)cc2Cl)C(=O)C1. The summed E-state index contributed by atoms with van der Waals surface area (Å²) in [5.41, 5.74) is -0.315. The summed E-state index contributed by atoms with van der Waals surface area (Å²) in [5.74, 6) is -1.93. The van der Waals surface area contributed by atoms with Crippen molar-refractivity contribution in [1.29, 1.82) is 0 Å². The Labute approximate surface area is 118 Å². The number of hydrazone groups is 1. The highest BCUT2D eigenvalue weighted by Crippen LogP contribution is 2.31. The van der Waals surface area contributed by atoms with Gasteiger partial charge >= 0.3 is 5.97 Å². The summed E-state index contributed by atoms with van der Waals surface area (Å²) < 4.78 is 30.7. The van der Waals surface area contributed by atoms with E-state index < -0.39 is 26.9 Å². The van der Waals surface area contributed by atoms with Gasteiger partial charge in [0.1, 0.15) is 0 Å². The Balaban J connectivity index is 2.45. The predicted octanol–water partition coefficient (Wildman–Crippen LogP) is 0.764. The van der Waals surface area contributed by atoms with Crippen LogP contribution in [-0.4, -0.2) is 35.7 Å². The van der Waals surface area contributed by atoms with Crippen molar-refractivity contribution in [2.45, 2.75) is 11.3 Å². The van der Waals surface area contributed by atoms with Crippen LogP contribution in [-0.2, 0) is 19.7 Å². The molecule has 2 N–H and O–H groups in total. The maximum absolute atomic E-state index is 11.6. The molecule has 0 radical (unpaired) electrons. The molecule has 1 heterocycles. The summed E-state index contributed by atoms with van der Waals surface area (Å²) in [4.78, 5) is 21.9. The Morgan fingerprint density at radius 3 is 2.50 bits per heavy atom. The second kappa shape index (κ2) is 4.85. The fraction of sp³-hybridized carbons (Fsp3) is 0.100. The molecular weight excluding hydrogens is 312 g/mol. The number of carbonyl (C=O) groups is 2. The van der Waals surface area contributed by atoms with Crippen LogP contribution in [0.15, 0.2) is 28.2 Å². The third kappa shape index (κ3) is 2.64. The average Bonchev–Trinajstić information content (AvgIpc) is 2.70. The zero-order valence-corrected chi connectivity index (χ0v) is 11.2. The lowest BCUT2D eigenvalue weighted by molar-refractivity contribution is -0.129. The minimum absolute atomic E-state index is 0.0281. The van der Waals surface area contributed by atoms with Crippen molar-refractivity contribution < 1.29 is 27.7 Å². The van der Waals surface area contributed by atoms with E-state index in [2.05, 4.69) is 5.10 Å². The van der Waals surface area contributed by atoms with Gasteiger partial charge in [-0.1, -0.05) is 11.6 Å². The number of anilines is 1. The number of carboxylic acids is 1. The molecule has 1 amide bonds. The van der Waals surface area contributed by atoms with Crippen molar-refractivity contribution >= 4 is 45.0 Å². The summed E-state index contributed by atoms with van der Waals surface area (Å²) in [6.45, 7) is 0. The lowest BCUT2D eigenvalue weighted by Crippen LogP contribution is -2.20. The van der Waals surface area contributed by atoms with Gasteiger partial charge in [0, 0.05) is 0 Å². The van der Waals surface area contributed by atoms with Crippen LogP contribution in [0.25, 0.3) is 0 Å². The van der Waals surface area contributed by atoms with Crippen molar-refractivity contribution in [3.05, 3.63) is 23.2 Å². The van der Waals surface area contributed by atoms with E-state index >= 15 is 0 Å². The molecule has 0 saturated heterocycles. The molecule has 1 aliphatic rings. The topological polar surface area (TPSA) is 124 Å². The zero-order valence-electron chi connectivity index (χ0n) is 9.65. The van der Waals surface area contributed by atoms with Crippen LogP contribution in [0.5, 0.6) is 0 Å². The number of carbonyl (C=O) groups excluding carboxylic acids is 1. The van der Waals surface area contributed by atoms with Gasteiger partial charge in [-0.05, 0) is 18.2 Å². The van der Waals surface area contributed by atoms with Gasteiger partial charge in [0.15, 0.2) is 5.71 Å². The summed E-state index contributed by atoms with van der Waals surface area (Å²) in [5, 5.41) is 13.0. The summed E-state index contributed by atoms with van der Waals surface area (Å²) >= 11 is 5.82. The van der Waals surface area contributed by atoms with E-state index in [4.69, 9.17) is 21.3 Å². The number of aliphatic carboxylic acids is 1. The standard InChI is InChI=1S/C10H7ClN2O6S/c11-6-3-5(20(17,18)19)1-2-8(6)13-9(14)4-7(12-13)10(15)16/h1-3H,4H2,(H,15,16)(H,17,18,19). The highest BCUT2D eigenvalue weighted by Gasteiger charge is 2.30. The summed E-state index contributed by atoms with van der Waals surface area (Å²) in [6, 6.07) is 3.11. The van der Waals surface area contributed by atoms with Crippen LogP contribution in [0.2, 0.25) is 5.02 Å². The number of halogens is 1. The van der Waals surface area contributed by atoms with Crippen LogP contribution >= 0.6 is 11.6 Å². The number of carboxylic acid groups (broad SMARTS) is 1. The van der Waals surface area contributed by atoms with Gasteiger partial charge in [0.25, 0.3) is 16.0 Å². The fourth-order valence-electron chi connectivity index (χ4n) is 1.56. The lowest BCUT2D eigenvalue weighted by Gasteiger charge is -2.13. The van der Waals surface area contributed by atoms with Crippen LogP contribution < -0.4 is 5.01 Å². The van der Waals surface area contributed by atoms with Crippen LogP contribution in [0.3, 0.4) is 0 Å². The molecule has 1 aromatic rings. The number of rotatable bonds is 3. The fourth-order valence-corrected chi connectivity index (χ4v) is 2.39. The van der Waals surface area contributed by atoms with Gasteiger partial charge in [-0.15, -0.1) is 0 Å². The lowest BCUT2D eigenvalue weighted by atomic mass is 10.2. The van der Waals surface area contributed by atoms with Gasteiger partial charge < -0.3 is 5.11 Å². The monoisotopic (exact) mass is 318 g/mol. The normalized spacial score (nSPS) is 15.4. The molecule has 0 aromatic heterocycles. The van der Waals surface area contributed by atoms with E-state index in [0.717, 1.165) is 23.2 Å². The minimum atomic E-state index is -4.42. The third-order valence-corrected chi connectivity index (χ3v) is 3.62. The molecule has 0 bridgehead atoms. The first-order valence-corrected chi connectivity index (χ1v) is 6.92. The molecular formula is C10H7ClN2O6S. The zero-order chi connectivity index (χ0) is 15.1. The van der Waals surface area contributed by atoms with Gasteiger partial charge in [0.2, 0.25) is 0 Å². The molecule has 8 nitrogen and oxygen atoms in total. The average molecular weight is 319 g/mol. The van der Waals surface area contributed by atoms with E-state index in [-0.39, 0.29) is 22.8 Å². The molecule has 106 valence electrons. The largest absolute Gasteiger partial charge is 0.477 e. The van der Waals surface area contributed by atoms with E-state index in [0.29, 0.717) is 0 Å². The number of hydrogen-bond acceptors (Lipinski definition) is 5. The minimum Gasteiger partial charge on any atom is -0.477 e. The number of nitrogens with zero attached hydrogens (tertiary/aromatic N) is 2. The van der Waals surface area contributed by atoms with Gasteiger partial charge in [-0.3, -0.25) is 9.35 Å². The van der Waals surface area contributed by atoms with E-state index in [1.165, 1.54) is 0 Å². The van der Waals surface area contributed by atoms with Gasteiger partial charge in [-0.25, -0.2) is 4.79 Å². The van der Waals surface area contributed by atoms with Crippen LogP contribution in [0.1, 0.15) is 6.42 Å². The van der Waals surface area contributed by atoms with Gasteiger partial charge in [-0.2, -0.15) is 18.5 Å². The Morgan fingerprint density at radius 1 is 1.40 bits per heavy atom. The predicted molar refractivity (Wildman–Crippen MR) is 68.4 cm³/mol. The molecule has 0 aliphatic carbocycles. The molecule has 20 heavy (non-hydrogen) atoms. The van der Waals surface area contributed by atoms with Crippen LogP contribution in [0.4, 0.5) is 5.69 Å². The third-order valence-electron chi connectivity index (χ3n) is 2.47. The van der Waals surface area contributed by atoms with Crippen molar-refractivity contribution in [3.8, 4) is 0 Å². The Kier molecular flexibility index (Phi) is 3.50. The Morgan fingerprint density at radius 2 is 2.05 bits per heavy atom. The highest BCUT2D eigenvalue weighted by atomic mass is 35.5. The first-order chi connectivity index (χ1) is 9.20. The molecule has 1 aromatic carbocycles. The first kappa shape index (κ1) is 14.4. The van der Waals surface area contributed by atoms with Crippen molar-refractivity contribution in [2.24, 2.45) is 5.10 Å². The Bertz CT molecular complexity index is 742. The molecule has 0 saturated carbocycles. The highest BCUT2D eigenvalue weighted by molar-refractivity contribution is 7.85. The van der Waals surface area contributed by atoms with E-state index in [1.807, 2.05) is 0 Å². The molecule has 0 fully saturated rings. The summed E-state index contributed by atoms with van der Waals surface area (Å²) in [6.07, 6.45) is -0.383. The van der Waals surface area contributed by atoms with Crippen molar-refractivity contribution in [2.75, 3.05) is 5.01 Å². The molecule has 2 rings (SSSR count). The number of amides is 1. The number of hydrogen-bond donors (Lipinski definition) is 2. The maximum atomic E-state index is 11.6. The molecule has 0 unspecified atom stereocenters. The Hall–Kier alpha value is -1.97. The number of benzene rings is 1. The van der Waals surface area contributed by atoms with E-state index in [1.54, 1.807) is 0 Å². The molecule has 0 spiro atoms. The summed E-state index contributed by atoms with van der Waals surface area (Å²) in [7, 11) is -4.42. The second-order valence-electron chi connectivity index (χ2n) is 3.82. The van der Waals surface area contributed by atoms with Crippen molar-refractivity contribution in [3.63, 3.8) is 0 Å². The van der Waals surface area contributed by atoms with Crippen LogP contribution in [0, 0.1) is 0 Å². The van der Waals surface area contributed by atoms with Gasteiger partial charge in [0.05, 0.1) is 22.0 Å². The maximum Gasteiger partial charge on any atom is 0.352 e. The van der Waals surface area contributed by atoms with Crippen molar-refractivity contribution in [1.82, 2.24) is 0 Å². The van der Waals surface area contributed by atoms with E-state index in [9.17, 15) is 18.0 Å². The molecule has 1 aliphatic heterocycles. The quantitative estimate of drug-likeness (QED) is 0.793. The smallest absolute Gasteiger partial charge is 0.352 e. The first-order valence-electron chi connectivity index (χ1n) is 5.11. The molecule has 0 atom stereocenters.